The zero-order chi connectivity index (χ0) is 15.8. The maximum atomic E-state index is 13.2. The first-order valence-electron chi connectivity index (χ1n) is 6.80. The Balaban J connectivity index is 2.64. The van der Waals surface area contributed by atoms with E-state index in [2.05, 4.69) is 5.32 Å². The fourth-order valence-corrected chi connectivity index (χ4v) is 1.85. The fourth-order valence-electron chi connectivity index (χ4n) is 1.85. The van der Waals surface area contributed by atoms with Gasteiger partial charge in [0.2, 0.25) is 5.91 Å². The molecule has 1 N–H and O–H groups in total. The summed E-state index contributed by atoms with van der Waals surface area (Å²) in [5.41, 5.74) is 0.179. The van der Waals surface area contributed by atoms with Crippen molar-refractivity contribution in [2.24, 2.45) is 0 Å². The summed E-state index contributed by atoms with van der Waals surface area (Å²) in [5.74, 6) is -0.608. The minimum absolute atomic E-state index is 0.0133. The summed E-state index contributed by atoms with van der Waals surface area (Å²) in [6.45, 7) is 2.70. The molecule has 0 atom stereocenters. The van der Waals surface area contributed by atoms with Crippen LogP contribution < -0.4 is 10.1 Å². The van der Waals surface area contributed by atoms with Crippen molar-refractivity contribution in [2.45, 2.75) is 13.3 Å². The number of nitrogens with zero attached hydrogens (tertiary/aromatic N) is 1. The van der Waals surface area contributed by atoms with Crippen molar-refractivity contribution >= 4 is 11.7 Å². The van der Waals surface area contributed by atoms with Gasteiger partial charge < -0.3 is 10.1 Å². The summed E-state index contributed by atoms with van der Waals surface area (Å²) in [7, 11) is 3.08. The maximum Gasteiger partial charge on any atom is 0.234 e. The van der Waals surface area contributed by atoms with Gasteiger partial charge in [-0.05, 0) is 31.7 Å². The first-order chi connectivity index (χ1) is 9.97. The first kappa shape index (κ1) is 17.1. The molecule has 0 aliphatic rings. The Kier molecular flexibility index (Phi) is 6.81. The lowest BCUT2D eigenvalue weighted by molar-refractivity contribution is -0.121. The smallest absolute Gasteiger partial charge is 0.234 e. The van der Waals surface area contributed by atoms with Gasteiger partial charge in [-0.2, -0.15) is 0 Å². The average Bonchev–Trinajstić information content (AvgIpc) is 2.44. The highest BCUT2D eigenvalue weighted by Crippen LogP contribution is 2.20. The molecular formula is C15H21FN2O3. The normalized spacial score (nSPS) is 10.5. The number of carbonyl (C=O) groups excluding carboxylic acids is 2. The quantitative estimate of drug-likeness (QED) is 0.738. The van der Waals surface area contributed by atoms with E-state index in [4.69, 9.17) is 4.74 Å². The van der Waals surface area contributed by atoms with Crippen molar-refractivity contribution in [3.05, 3.63) is 29.6 Å². The molecule has 1 aromatic carbocycles. The third-order valence-corrected chi connectivity index (χ3v) is 2.86. The first-order valence-corrected chi connectivity index (χ1v) is 6.80. The molecule has 21 heavy (non-hydrogen) atoms. The van der Waals surface area contributed by atoms with Crippen molar-refractivity contribution in [3.63, 3.8) is 0 Å². The van der Waals surface area contributed by atoms with Crippen molar-refractivity contribution in [1.82, 2.24) is 10.2 Å². The lowest BCUT2D eigenvalue weighted by Crippen LogP contribution is -2.37. The third kappa shape index (κ3) is 5.51. The molecule has 116 valence electrons. The molecule has 0 heterocycles. The predicted octanol–water partition coefficient (Wildman–Crippen LogP) is 1.47. The van der Waals surface area contributed by atoms with Crippen LogP contribution in [-0.4, -0.2) is 50.4 Å². The molecule has 0 saturated carbocycles. The van der Waals surface area contributed by atoms with E-state index < -0.39 is 5.82 Å². The van der Waals surface area contributed by atoms with Crippen LogP contribution in [0.5, 0.6) is 5.75 Å². The van der Waals surface area contributed by atoms with Crippen LogP contribution in [0.25, 0.3) is 0 Å². The van der Waals surface area contributed by atoms with Gasteiger partial charge >= 0.3 is 0 Å². The number of amides is 1. The predicted molar refractivity (Wildman–Crippen MR) is 78.1 cm³/mol. The number of benzene rings is 1. The van der Waals surface area contributed by atoms with Gasteiger partial charge in [-0.15, -0.1) is 0 Å². The summed E-state index contributed by atoms with van der Waals surface area (Å²) in [5, 5.41) is 2.73. The molecule has 0 unspecified atom stereocenters. The SMILES string of the molecule is CCCNC(=O)CN(C)CC(=O)c1cc(F)ccc1OC. The molecule has 5 nitrogen and oxygen atoms in total. The van der Waals surface area contributed by atoms with E-state index in [9.17, 15) is 14.0 Å². The Bertz CT molecular complexity index is 506. The summed E-state index contributed by atoms with van der Waals surface area (Å²) in [4.78, 5) is 25.3. The summed E-state index contributed by atoms with van der Waals surface area (Å²) >= 11 is 0. The molecule has 0 spiro atoms. The van der Waals surface area contributed by atoms with Crippen LogP contribution in [0.1, 0.15) is 23.7 Å². The van der Waals surface area contributed by atoms with Crippen LogP contribution in [0.3, 0.4) is 0 Å². The number of hydrogen-bond acceptors (Lipinski definition) is 4. The van der Waals surface area contributed by atoms with Crippen LogP contribution in [-0.2, 0) is 4.79 Å². The Hall–Kier alpha value is -1.95. The van der Waals surface area contributed by atoms with Crippen molar-refractivity contribution in [2.75, 3.05) is 33.8 Å². The van der Waals surface area contributed by atoms with Crippen molar-refractivity contribution in [1.29, 1.82) is 0 Å². The number of halogens is 1. The van der Waals surface area contributed by atoms with Gasteiger partial charge in [0.05, 0.1) is 25.8 Å². The molecule has 1 amide bonds. The van der Waals surface area contributed by atoms with Gasteiger partial charge in [0.15, 0.2) is 5.78 Å². The molecule has 0 aromatic heterocycles. The van der Waals surface area contributed by atoms with E-state index in [1.54, 1.807) is 11.9 Å². The molecule has 0 fully saturated rings. The number of ether oxygens (including phenoxy) is 1. The number of hydrogen-bond donors (Lipinski definition) is 1. The van der Waals surface area contributed by atoms with E-state index >= 15 is 0 Å². The number of nitrogens with one attached hydrogen (secondary N) is 1. The average molecular weight is 296 g/mol. The second-order valence-corrected chi connectivity index (χ2v) is 4.79. The number of likely N-dealkylation sites (N-methyl/N-ethyl adjacent to an activating group) is 1. The van der Waals surface area contributed by atoms with Gasteiger partial charge in [0.1, 0.15) is 11.6 Å². The molecule has 0 bridgehead atoms. The second-order valence-electron chi connectivity index (χ2n) is 4.79. The minimum Gasteiger partial charge on any atom is -0.496 e. The summed E-state index contributed by atoms with van der Waals surface area (Å²) < 4.78 is 18.3. The highest BCUT2D eigenvalue weighted by atomic mass is 19.1. The number of methoxy groups -OCH3 is 1. The zero-order valence-corrected chi connectivity index (χ0v) is 12.6. The lowest BCUT2D eigenvalue weighted by Gasteiger charge is -2.16. The third-order valence-electron chi connectivity index (χ3n) is 2.86. The van der Waals surface area contributed by atoms with Crippen LogP contribution in [0.4, 0.5) is 4.39 Å². The molecule has 0 aliphatic heterocycles. The van der Waals surface area contributed by atoms with Gasteiger partial charge in [-0.25, -0.2) is 4.39 Å². The summed E-state index contributed by atoms with van der Waals surface area (Å²) in [6.07, 6.45) is 0.856. The van der Waals surface area contributed by atoms with Crippen molar-refractivity contribution in [3.8, 4) is 5.75 Å². The molecular weight excluding hydrogens is 275 g/mol. The zero-order valence-electron chi connectivity index (χ0n) is 12.6. The van der Waals surface area contributed by atoms with E-state index in [0.717, 1.165) is 12.5 Å². The molecule has 1 rings (SSSR count). The second kappa shape index (κ2) is 8.36. The van der Waals surface area contributed by atoms with Gasteiger partial charge in [0.25, 0.3) is 0 Å². The lowest BCUT2D eigenvalue weighted by atomic mass is 10.1. The molecule has 6 heteroatoms. The Morgan fingerprint density at radius 2 is 2.05 bits per heavy atom. The highest BCUT2D eigenvalue weighted by Gasteiger charge is 2.16. The number of Topliss-reactive ketones (excluding diaryl/α,β-unsaturated/α-hetero) is 1. The Morgan fingerprint density at radius 1 is 1.33 bits per heavy atom. The van der Waals surface area contributed by atoms with Gasteiger partial charge in [0, 0.05) is 6.54 Å². The van der Waals surface area contributed by atoms with E-state index in [1.165, 1.54) is 19.2 Å². The van der Waals surface area contributed by atoms with Crippen LogP contribution in [0.2, 0.25) is 0 Å². The molecule has 0 aliphatic carbocycles. The van der Waals surface area contributed by atoms with Gasteiger partial charge in [-0.1, -0.05) is 6.92 Å². The number of ketones is 1. The van der Waals surface area contributed by atoms with Crippen LogP contribution in [0, 0.1) is 5.82 Å². The van der Waals surface area contributed by atoms with E-state index in [0.29, 0.717) is 12.3 Å². The summed E-state index contributed by atoms with van der Waals surface area (Å²) in [6, 6.07) is 3.79. The molecule has 0 radical (unpaired) electrons. The highest BCUT2D eigenvalue weighted by molar-refractivity contribution is 6.00. The van der Waals surface area contributed by atoms with Crippen molar-refractivity contribution < 1.29 is 18.7 Å². The molecule has 0 saturated heterocycles. The van der Waals surface area contributed by atoms with E-state index in [-0.39, 0.29) is 30.3 Å². The minimum atomic E-state index is -0.498. The van der Waals surface area contributed by atoms with Crippen LogP contribution in [0.15, 0.2) is 18.2 Å². The van der Waals surface area contributed by atoms with Crippen LogP contribution >= 0.6 is 0 Å². The number of rotatable bonds is 8. The monoisotopic (exact) mass is 296 g/mol. The van der Waals surface area contributed by atoms with E-state index in [1.807, 2.05) is 6.92 Å². The Morgan fingerprint density at radius 3 is 2.67 bits per heavy atom. The standard InChI is InChI=1S/C15H21FN2O3/c1-4-7-17-15(20)10-18(2)9-13(19)12-8-11(16)5-6-14(12)21-3/h5-6,8H,4,7,9-10H2,1-3H3,(H,17,20). The fraction of sp³-hybridized carbons (Fsp3) is 0.467. The number of carbonyl (C=O) groups is 2. The van der Waals surface area contributed by atoms with Gasteiger partial charge in [-0.3, -0.25) is 14.5 Å². The Labute approximate surface area is 124 Å². The molecule has 1 aromatic rings. The largest absolute Gasteiger partial charge is 0.496 e. The topological polar surface area (TPSA) is 58.6 Å². The maximum absolute atomic E-state index is 13.2.